The minimum atomic E-state index is -5.09. The van der Waals surface area contributed by atoms with Crippen LogP contribution in [-0.2, 0) is 28.9 Å². The maximum atomic E-state index is 13.1. The van der Waals surface area contributed by atoms with Gasteiger partial charge in [-0.25, -0.2) is 4.18 Å². The SMILES string of the molecule is CCCCCCCCCCCCCC/C=C\CCCCCCCCCCCCCC(=O)NC(COC1OC(CO)C(O)C(OS(=O)(=O)O)C1O)C(O)/C=C/CCCCCCCCCCCCCCC. The molecule has 0 saturated carbocycles. The summed E-state index contributed by atoms with van der Waals surface area (Å²) < 4.78 is 47.8. The lowest BCUT2D eigenvalue weighted by molar-refractivity contribution is -0.298. The van der Waals surface area contributed by atoms with Crippen molar-refractivity contribution in [3.63, 3.8) is 0 Å². The van der Waals surface area contributed by atoms with E-state index < -0.39 is 59.9 Å². The first-order valence-electron chi connectivity index (χ1n) is 28.7. The van der Waals surface area contributed by atoms with Crippen molar-refractivity contribution in [2.45, 2.75) is 314 Å². The molecule has 1 fully saturated rings. The van der Waals surface area contributed by atoms with E-state index in [1.807, 2.05) is 6.08 Å². The number of carbonyl (C=O) groups is 1. The summed E-state index contributed by atoms with van der Waals surface area (Å²) in [5.74, 6) is -0.260. The highest BCUT2D eigenvalue weighted by Gasteiger charge is 2.48. The number of unbranched alkanes of at least 4 members (excludes halogenated alkanes) is 36. The van der Waals surface area contributed by atoms with Crippen LogP contribution in [0.4, 0.5) is 0 Å². The first kappa shape index (κ1) is 65.6. The first-order valence-corrected chi connectivity index (χ1v) is 30.1. The van der Waals surface area contributed by atoms with E-state index in [1.165, 1.54) is 205 Å². The van der Waals surface area contributed by atoms with E-state index in [4.69, 9.17) is 9.47 Å². The van der Waals surface area contributed by atoms with Crippen molar-refractivity contribution in [3.8, 4) is 0 Å². The van der Waals surface area contributed by atoms with Crippen LogP contribution in [0.3, 0.4) is 0 Å². The van der Waals surface area contributed by atoms with Crippen LogP contribution in [0.25, 0.3) is 0 Å². The van der Waals surface area contributed by atoms with Crippen molar-refractivity contribution >= 4 is 16.3 Å². The van der Waals surface area contributed by atoms with Crippen LogP contribution >= 0.6 is 0 Å². The molecular formula is C56H107NO11S. The molecule has 7 unspecified atom stereocenters. The number of aliphatic hydroxyl groups is 4. The molecule has 0 aliphatic carbocycles. The second-order valence-corrected chi connectivity index (χ2v) is 21.3. The van der Waals surface area contributed by atoms with E-state index in [9.17, 15) is 38.2 Å². The highest BCUT2D eigenvalue weighted by atomic mass is 32.3. The Morgan fingerprint density at radius 3 is 1.30 bits per heavy atom. The van der Waals surface area contributed by atoms with Gasteiger partial charge in [0, 0.05) is 6.42 Å². The highest BCUT2D eigenvalue weighted by molar-refractivity contribution is 7.80. The van der Waals surface area contributed by atoms with Gasteiger partial charge in [-0.1, -0.05) is 244 Å². The summed E-state index contributed by atoms with van der Waals surface area (Å²) in [5, 5.41) is 44.9. The smallest absolute Gasteiger partial charge is 0.394 e. The third-order valence-electron chi connectivity index (χ3n) is 13.7. The Balaban J connectivity index is 2.33. The summed E-state index contributed by atoms with van der Waals surface area (Å²) in [5.41, 5.74) is 0. The van der Waals surface area contributed by atoms with Crippen molar-refractivity contribution in [2.75, 3.05) is 13.2 Å². The number of ether oxygens (including phenoxy) is 2. The summed E-state index contributed by atoms with van der Waals surface area (Å²) in [6.07, 6.45) is 48.0. The number of hydrogen-bond donors (Lipinski definition) is 6. The van der Waals surface area contributed by atoms with Crippen molar-refractivity contribution in [1.29, 1.82) is 0 Å². The lowest BCUT2D eigenvalue weighted by Crippen LogP contribution is -2.61. The van der Waals surface area contributed by atoms with Crippen LogP contribution in [0.1, 0.15) is 271 Å². The number of hydrogen-bond acceptors (Lipinski definition) is 10. The maximum absolute atomic E-state index is 13.1. The van der Waals surface area contributed by atoms with Gasteiger partial charge in [0.1, 0.15) is 24.4 Å². The minimum absolute atomic E-state index is 0.260. The molecule has 1 saturated heterocycles. The maximum Gasteiger partial charge on any atom is 0.397 e. The lowest BCUT2D eigenvalue weighted by Gasteiger charge is -2.41. The molecule has 1 heterocycles. The van der Waals surface area contributed by atoms with Crippen LogP contribution in [0.5, 0.6) is 0 Å². The molecule has 1 aliphatic rings. The van der Waals surface area contributed by atoms with Crippen molar-refractivity contribution in [3.05, 3.63) is 24.3 Å². The number of nitrogens with one attached hydrogen (secondary N) is 1. The Kier molecular flexibility index (Phi) is 44.1. The molecule has 69 heavy (non-hydrogen) atoms. The topological polar surface area (TPSA) is 192 Å². The summed E-state index contributed by atoms with van der Waals surface area (Å²) in [7, 11) is -5.09. The first-order chi connectivity index (χ1) is 33.5. The molecule has 1 amide bonds. The molecule has 0 aromatic rings. The summed E-state index contributed by atoms with van der Waals surface area (Å²) in [4.78, 5) is 13.1. The molecule has 0 aromatic heterocycles. The second-order valence-electron chi connectivity index (χ2n) is 20.2. The van der Waals surface area contributed by atoms with Gasteiger partial charge < -0.3 is 35.2 Å². The van der Waals surface area contributed by atoms with Gasteiger partial charge in [-0.2, -0.15) is 8.42 Å². The number of allylic oxidation sites excluding steroid dienone is 3. The summed E-state index contributed by atoms with van der Waals surface area (Å²) in [6, 6.07) is -0.943. The molecule has 6 N–H and O–H groups in total. The Morgan fingerprint density at radius 2 is 0.928 bits per heavy atom. The van der Waals surface area contributed by atoms with Gasteiger partial charge in [-0.05, 0) is 44.9 Å². The van der Waals surface area contributed by atoms with Crippen LogP contribution in [0.15, 0.2) is 24.3 Å². The third-order valence-corrected chi connectivity index (χ3v) is 14.2. The molecule has 0 spiro atoms. The van der Waals surface area contributed by atoms with Gasteiger partial charge in [0.05, 0.1) is 25.4 Å². The number of rotatable bonds is 50. The predicted octanol–water partition coefficient (Wildman–Crippen LogP) is 13.2. The third kappa shape index (κ3) is 38.8. The fraction of sp³-hybridized carbons (Fsp3) is 0.911. The molecule has 0 bridgehead atoms. The van der Waals surface area contributed by atoms with Gasteiger partial charge in [-0.3, -0.25) is 9.35 Å². The van der Waals surface area contributed by atoms with Gasteiger partial charge in [-0.15, -0.1) is 0 Å². The molecule has 0 aromatic carbocycles. The molecular weight excluding hydrogens is 895 g/mol. The Bertz CT molecular complexity index is 1320. The Labute approximate surface area is 422 Å². The normalized spacial score (nSPS) is 19.8. The van der Waals surface area contributed by atoms with Gasteiger partial charge in [0.15, 0.2) is 6.29 Å². The zero-order valence-electron chi connectivity index (χ0n) is 44.1. The van der Waals surface area contributed by atoms with E-state index in [0.29, 0.717) is 6.42 Å². The summed E-state index contributed by atoms with van der Waals surface area (Å²) >= 11 is 0. The van der Waals surface area contributed by atoms with E-state index in [-0.39, 0.29) is 18.9 Å². The van der Waals surface area contributed by atoms with E-state index in [1.54, 1.807) is 6.08 Å². The standard InChI is InChI=1S/C56H107NO11S/c1-3-5-7-9-11-13-15-17-19-20-21-22-23-24-25-26-27-28-29-30-32-34-36-38-40-42-44-46-52(60)57-49(48-66-56-54(62)55(68-69(63,64)65)53(61)51(47-58)67-56)50(59)45-43-41-39-37-35-33-31-18-16-14-12-10-8-6-4-2/h24-25,43,45,49-51,53-56,58-59,61-62H,3-23,26-42,44,46-48H2,1-2H3,(H,57,60)(H,63,64,65)/b25-24-,45-43+. The van der Waals surface area contributed by atoms with Crippen molar-refractivity contribution < 1.29 is 51.8 Å². The average Bonchev–Trinajstić information content (AvgIpc) is 3.32. The van der Waals surface area contributed by atoms with Gasteiger partial charge >= 0.3 is 10.4 Å². The van der Waals surface area contributed by atoms with Gasteiger partial charge in [0.2, 0.25) is 5.91 Å². The monoisotopic (exact) mass is 1000 g/mol. The minimum Gasteiger partial charge on any atom is -0.394 e. The quantitative estimate of drug-likeness (QED) is 0.0193. The zero-order valence-corrected chi connectivity index (χ0v) is 45.0. The largest absolute Gasteiger partial charge is 0.397 e. The van der Waals surface area contributed by atoms with Crippen molar-refractivity contribution in [1.82, 2.24) is 5.32 Å². The Hall–Kier alpha value is -1.42. The Morgan fingerprint density at radius 1 is 0.565 bits per heavy atom. The molecule has 1 rings (SSSR count). The molecule has 13 heteroatoms. The second kappa shape index (κ2) is 46.4. The highest BCUT2D eigenvalue weighted by Crippen LogP contribution is 2.26. The molecule has 7 atom stereocenters. The number of aliphatic hydroxyl groups excluding tert-OH is 4. The molecule has 12 nitrogen and oxygen atoms in total. The fourth-order valence-corrected chi connectivity index (χ4v) is 9.78. The van der Waals surface area contributed by atoms with Gasteiger partial charge in [0.25, 0.3) is 0 Å². The summed E-state index contributed by atoms with van der Waals surface area (Å²) in [6.45, 7) is 3.42. The zero-order chi connectivity index (χ0) is 50.5. The van der Waals surface area contributed by atoms with Crippen LogP contribution in [0.2, 0.25) is 0 Å². The van der Waals surface area contributed by atoms with Crippen LogP contribution in [-0.4, -0.2) is 95.4 Å². The number of amides is 1. The van der Waals surface area contributed by atoms with E-state index in [0.717, 1.165) is 38.5 Å². The molecule has 0 radical (unpaired) electrons. The van der Waals surface area contributed by atoms with Crippen molar-refractivity contribution in [2.24, 2.45) is 0 Å². The van der Waals surface area contributed by atoms with E-state index in [2.05, 4.69) is 35.5 Å². The van der Waals surface area contributed by atoms with E-state index >= 15 is 0 Å². The van der Waals surface area contributed by atoms with Crippen LogP contribution in [0, 0.1) is 0 Å². The van der Waals surface area contributed by atoms with Crippen LogP contribution < -0.4 is 5.32 Å². The predicted molar refractivity (Wildman–Crippen MR) is 282 cm³/mol. The number of carbonyl (C=O) groups excluding carboxylic acids is 1. The lowest BCUT2D eigenvalue weighted by atomic mass is 9.99. The average molecular weight is 1000 g/mol. The molecule has 408 valence electrons. The fourth-order valence-electron chi connectivity index (χ4n) is 9.28. The molecule has 1 aliphatic heterocycles.